The van der Waals surface area contributed by atoms with E-state index in [1.807, 2.05) is 4.90 Å². The molecule has 4 nitrogen and oxygen atoms in total. The molecule has 0 radical (unpaired) electrons. The van der Waals surface area contributed by atoms with Gasteiger partial charge < -0.3 is 9.64 Å². The third kappa shape index (κ3) is 2.53. The van der Waals surface area contributed by atoms with E-state index < -0.39 is 0 Å². The first kappa shape index (κ1) is 14.1. The fraction of sp³-hybridized carbons (Fsp3) is 0.375. The average Bonchev–Trinajstić information content (AvgIpc) is 3.02. The first-order chi connectivity index (χ1) is 10.2. The lowest BCUT2D eigenvalue weighted by Crippen LogP contribution is -2.39. The molecule has 0 aliphatic carbocycles. The summed E-state index contributed by atoms with van der Waals surface area (Å²) >= 11 is 1.79. The van der Waals surface area contributed by atoms with Crippen LogP contribution in [0.3, 0.4) is 0 Å². The minimum atomic E-state index is 0.0499. The number of fused-ring (bicyclic) bond motifs is 1. The van der Waals surface area contributed by atoms with Crippen molar-refractivity contribution in [3.8, 4) is 5.88 Å². The van der Waals surface area contributed by atoms with Crippen LogP contribution in [0.15, 0.2) is 29.8 Å². The lowest BCUT2D eigenvalue weighted by Gasteiger charge is -2.35. The highest BCUT2D eigenvalue weighted by Gasteiger charge is 2.30. The smallest absolute Gasteiger partial charge is 0.255 e. The summed E-state index contributed by atoms with van der Waals surface area (Å²) in [6, 6.07) is 5.84. The summed E-state index contributed by atoms with van der Waals surface area (Å²) in [6.07, 6.45) is 3.47. The van der Waals surface area contributed by atoms with Crippen molar-refractivity contribution >= 4 is 17.2 Å². The molecule has 1 amide bonds. The second kappa shape index (κ2) is 5.85. The van der Waals surface area contributed by atoms with Gasteiger partial charge in [-0.15, -0.1) is 11.3 Å². The summed E-state index contributed by atoms with van der Waals surface area (Å²) < 4.78 is 5.04. The highest BCUT2D eigenvalue weighted by Crippen LogP contribution is 2.35. The summed E-state index contributed by atoms with van der Waals surface area (Å²) in [5, 5.41) is 2.12. The van der Waals surface area contributed by atoms with Crippen molar-refractivity contribution in [3.05, 3.63) is 45.8 Å². The number of carbonyl (C=O) groups excluding carboxylic acids is 1. The van der Waals surface area contributed by atoms with E-state index >= 15 is 0 Å². The van der Waals surface area contributed by atoms with Crippen molar-refractivity contribution < 1.29 is 9.53 Å². The molecule has 0 aromatic carbocycles. The molecule has 1 atom stereocenters. The number of hydrogen-bond acceptors (Lipinski definition) is 4. The minimum Gasteiger partial charge on any atom is -0.481 e. The molecule has 1 unspecified atom stereocenters. The van der Waals surface area contributed by atoms with Crippen LogP contribution in [0.1, 0.15) is 40.2 Å². The molecule has 0 saturated carbocycles. The maximum Gasteiger partial charge on any atom is 0.255 e. The Bertz CT molecular complexity index is 636. The number of rotatable bonds is 3. The lowest BCUT2D eigenvalue weighted by atomic mass is 9.97. The van der Waals surface area contributed by atoms with Crippen LogP contribution in [0.4, 0.5) is 0 Å². The second-order valence-corrected chi connectivity index (χ2v) is 6.06. The highest BCUT2D eigenvalue weighted by atomic mass is 32.1. The van der Waals surface area contributed by atoms with Gasteiger partial charge in [0.05, 0.1) is 18.7 Å². The maximum atomic E-state index is 12.7. The molecule has 0 N–H and O–H groups in total. The third-order valence-corrected chi connectivity index (χ3v) is 4.93. The van der Waals surface area contributed by atoms with Crippen LogP contribution in [-0.2, 0) is 6.42 Å². The monoisotopic (exact) mass is 302 g/mol. The number of amides is 1. The van der Waals surface area contributed by atoms with Gasteiger partial charge in [0.25, 0.3) is 5.91 Å². The van der Waals surface area contributed by atoms with Gasteiger partial charge in [0.15, 0.2) is 0 Å². The van der Waals surface area contributed by atoms with Gasteiger partial charge in [-0.05, 0) is 35.9 Å². The number of aromatic nitrogens is 1. The van der Waals surface area contributed by atoms with E-state index in [9.17, 15) is 4.79 Å². The van der Waals surface area contributed by atoms with Crippen molar-refractivity contribution in [2.24, 2.45) is 0 Å². The first-order valence-corrected chi connectivity index (χ1v) is 7.99. The second-order valence-electron chi connectivity index (χ2n) is 5.06. The summed E-state index contributed by atoms with van der Waals surface area (Å²) in [4.78, 5) is 20.3. The molecule has 1 aliphatic rings. The highest BCUT2D eigenvalue weighted by molar-refractivity contribution is 7.10. The van der Waals surface area contributed by atoms with Crippen molar-refractivity contribution in [1.29, 1.82) is 0 Å². The van der Waals surface area contributed by atoms with Crippen LogP contribution in [0.25, 0.3) is 0 Å². The minimum absolute atomic E-state index is 0.0499. The van der Waals surface area contributed by atoms with Crippen LogP contribution < -0.4 is 4.74 Å². The Morgan fingerprint density at radius 3 is 3.00 bits per heavy atom. The number of thiophene rings is 1. The predicted molar refractivity (Wildman–Crippen MR) is 82.9 cm³/mol. The Balaban J connectivity index is 1.87. The largest absolute Gasteiger partial charge is 0.481 e. The summed E-state index contributed by atoms with van der Waals surface area (Å²) in [5.74, 6) is 0.575. The third-order valence-electron chi connectivity index (χ3n) is 3.93. The van der Waals surface area contributed by atoms with E-state index in [4.69, 9.17) is 4.74 Å². The molecule has 110 valence electrons. The predicted octanol–water partition coefficient (Wildman–Crippen LogP) is 3.30. The van der Waals surface area contributed by atoms with Gasteiger partial charge in [-0.3, -0.25) is 4.79 Å². The molecule has 21 heavy (non-hydrogen) atoms. The van der Waals surface area contributed by atoms with E-state index in [0.717, 1.165) is 19.4 Å². The zero-order valence-electron chi connectivity index (χ0n) is 12.2. The van der Waals surface area contributed by atoms with Crippen LogP contribution in [-0.4, -0.2) is 29.4 Å². The van der Waals surface area contributed by atoms with E-state index in [1.54, 1.807) is 36.8 Å². The molecule has 0 fully saturated rings. The Labute approximate surface area is 128 Å². The fourth-order valence-electron chi connectivity index (χ4n) is 2.87. The van der Waals surface area contributed by atoms with Gasteiger partial charge in [-0.2, -0.15) is 0 Å². The molecular weight excluding hydrogens is 284 g/mol. The number of methoxy groups -OCH3 is 1. The van der Waals surface area contributed by atoms with Crippen molar-refractivity contribution in [1.82, 2.24) is 9.88 Å². The van der Waals surface area contributed by atoms with Gasteiger partial charge in [-0.25, -0.2) is 4.98 Å². The van der Waals surface area contributed by atoms with Crippen LogP contribution in [0.2, 0.25) is 0 Å². The van der Waals surface area contributed by atoms with Crippen LogP contribution in [0, 0.1) is 0 Å². The first-order valence-electron chi connectivity index (χ1n) is 7.12. The van der Waals surface area contributed by atoms with Gasteiger partial charge in [0.1, 0.15) is 0 Å². The molecule has 5 heteroatoms. The topological polar surface area (TPSA) is 42.4 Å². The maximum absolute atomic E-state index is 12.7. The number of pyridine rings is 1. The molecular formula is C16H18N2O2S. The van der Waals surface area contributed by atoms with Crippen LogP contribution in [0.5, 0.6) is 5.88 Å². The van der Waals surface area contributed by atoms with Crippen molar-refractivity contribution in [2.75, 3.05) is 13.7 Å². The molecule has 0 spiro atoms. The average molecular weight is 302 g/mol. The lowest BCUT2D eigenvalue weighted by molar-refractivity contribution is 0.0657. The van der Waals surface area contributed by atoms with Gasteiger partial charge in [0.2, 0.25) is 5.88 Å². The molecule has 2 aromatic heterocycles. The van der Waals surface area contributed by atoms with E-state index in [2.05, 4.69) is 23.4 Å². The molecule has 3 rings (SSSR count). The molecule has 1 aliphatic heterocycles. The van der Waals surface area contributed by atoms with E-state index in [1.165, 1.54) is 10.4 Å². The number of carbonyl (C=O) groups is 1. The zero-order valence-corrected chi connectivity index (χ0v) is 13.0. The summed E-state index contributed by atoms with van der Waals surface area (Å²) in [5.41, 5.74) is 1.93. The molecule has 2 aromatic rings. The van der Waals surface area contributed by atoms with Gasteiger partial charge in [0, 0.05) is 23.7 Å². The summed E-state index contributed by atoms with van der Waals surface area (Å²) in [7, 11) is 1.57. The van der Waals surface area contributed by atoms with Gasteiger partial charge in [-0.1, -0.05) is 6.92 Å². The Hall–Kier alpha value is -1.88. The molecule has 0 saturated heterocycles. The van der Waals surface area contributed by atoms with Gasteiger partial charge >= 0.3 is 0 Å². The number of ether oxygens (including phenoxy) is 1. The van der Waals surface area contributed by atoms with E-state index in [0.29, 0.717) is 11.4 Å². The standard InChI is InChI=1S/C16H18N2O2S/c1-3-13-12-7-9-21-14(12)6-8-18(13)16(19)11-4-5-15(20-2)17-10-11/h4-5,7,9-10,13H,3,6,8H2,1-2H3. The Morgan fingerprint density at radius 1 is 1.48 bits per heavy atom. The van der Waals surface area contributed by atoms with Crippen LogP contribution >= 0.6 is 11.3 Å². The number of hydrogen-bond donors (Lipinski definition) is 0. The normalized spacial score (nSPS) is 17.4. The molecule has 3 heterocycles. The Morgan fingerprint density at radius 2 is 2.33 bits per heavy atom. The van der Waals surface area contributed by atoms with Crippen molar-refractivity contribution in [2.45, 2.75) is 25.8 Å². The number of nitrogens with zero attached hydrogens (tertiary/aromatic N) is 2. The SMILES string of the molecule is CCC1c2ccsc2CCN1C(=O)c1ccc(OC)nc1. The van der Waals surface area contributed by atoms with E-state index in [-0.39, 0.29) is 11.9 Å². The summed E-state index contributed by atoms with van der Waals surface area (Å²) in [6.45, 7) is 2.90. The Kier molecular flexibility index (Phi) is 3.92. The zero-order chi connectivity index (χ0) is 14.8. The quantitative estimate of drug-likeness (QED) is 0.873. The van der Waals surface area contributed by atoms with Crippen molar-refractivity contribution in [3.63, 3.8) is 0 Å². The molecule has 0 bridgehead atoms. The fourth-order valence-corrected chi connectivity index (χ4v) is 3.80.